The van der Waals surface area contributed by atoms with Crippen LogP contribution in [0, 0.1) is 0 Å². The quantitative estimate of drug-likeness (QED) is 0.658. The maximum atomic E-state index is 13.2. The number of piperidine rings is 1. The molecule has 6 heteroatoms. The van der Waals surface area contributed by atoms with Gasteiger partial charge in [-0.1, -0.05) is 6.42 Å². The smallest absolute Gasteiger partial charge is 0.337 e. The lowest BCUT2D eigenvalue weighted by atomic mass is 9.88. The van der Waals surface area contributed by atoms with Gasteiger partial charge in [0.15, 0.2) is 0 Å². The Morgan fingerprint density at radius 2 is 1.62 bits per heavy atom. The zero-order valence-electron chi connectivity index (χ0n) is 18.6. The summed E-state index contributed by atoms with van der Waals surface area (Å²) in [6.07, 6.45) is 7.08. The first-order chi connectivity index (χ1) is 15.6. The first kappa shape index (κ1) is 21.0. The number of amides is 1. The van der Waals surface area contributed by atoms with E-state index in [1.165, 1.54) is 26.4 Å². The Morgan fingerprint density at radius 1 is 0.906 bits per heavy atom. The summed E-state index contributed by atoms with van der Waals surface area (Å²) >= 11 is 0. The highest BCUT2D eigenvalue weighted by molar-refractivity contribution is 5.97. The van der Waals surface area contributed by atoms with E-state index in [0.717, 1.165) is 56.1 Å². The highest BCUT2D eigenvalue weighted by Gasteiger charge is 2.34. The van der Waals surface area contributed by atoms with Gasteiger partial charge in [-0.05, 0) is 80.1 Å². The second-order valence-electron chi connectivity index (χ2n) is 9.04. The maximum absolute atomic E-state index is 13.2. The van der Waals surface area contributed by atoms with Crippen LogP contribution < -0.4 is 4.74 Å². The summed E-state index contributed by atoms with van der Waals surface area (Å²) in [6.45, 7) is 3.01. The number of hydrogen-bond acceptors (Lipinski definition) is 5. The fraction of sp³-hybridized carbons (Fsp3) is 0.462. The Bertz CT molecular complexity index is 991. The molecule has 2 aromatic carbocycles. The summed E-state index contributed by atoms with van der Waals surface area (Å²) < 4.78 is 10.7. The molecule has 2 aromatic rings. The van der Waals surface area contributed by atoms with Gasteiger partial charge in [0.25, 0.3) is 5.91 Å². The Hall–Kier alpha value is -2.86. The predicted molar refractivity (Wildman–Crippen MR) is 121 cm³/mol. The lowest BCUT2D eigenvalue weighted by Crippen LogP contribution is -2.52. The van der Waals surface area contributed by atoms with Crippen LogP contribution in [-0.2, 0) is 11.2 Å². The number of fused-ring (bicyclic) bond motifs is 1. The van der Waals surface area contributed by atoms with Crippen LogP contribution in [0.1, 0.15) is 58.4 Å². The van der Waals surface area contributed by atoms with Crippen molar-refractivity contribution in [2.24, 2.45) is 0 Å². The lowest BCUT2D eigenvalue weighted by molar-refractivity contribution is 0.0414. The van der Waals surface area contributed by atoms with Crippen molar-refractivity contribution in [1.82, 2.24) is 9.80 Å². The maximum Gasteiger partial charge on any atom is 0.337 e. The summed E-state index contributed by atoms with van der Waals surface area (Å²) in [5.41, 5.74) is 2.32. The number of ether oxygens (including phenoxy) is 2. The molecule has 0 spiro atoms. The van der Waals surface area contributed by atoms with Crippen molar-refractivity contribution in [2.45, 2.75) is 50.6 Å². The fourth-order valence-electron chi connectivity index (χ4n) is 5.12. The minimum atomic E-state index is -0.373. The minimum absolute atomic E-state index is 0.155. The molecule has 0 N–H and O–H groups in total. The molecule has 6 nitrogen and oxygen atoms in total. The summed E-state index contributed by atoms with van der Waals surface area (Å²) in [4.78, 5) is 29.5. The minimum Gasteiger partial charge on any atom is -0.465 e. The van der Waals surface area contributed by atoms with Gasteiger partial charge in [-0.15, -0.1) is 0 Å². The molecule has 2 fully saturated rings. The molecule has 1 saturated carbocycles. The molecule has 0 unspecified atom stereocenters. The third-order valence-corrected chi connectivity index (χ3v) is 7.23. The Labute approximate surface area is 189 Å². The second kappa shape index (κ2) is 8.94. The number of carbonyl (C=O) groups excluding carboxylic acids is 2. The van der Waals surface area contributed by atoms with Crippen molar-refractivity contribution in [1.29, 1.82) is 0 Å². The van der Waals surface area contributed by atoms with Crippen molar-refractivity contribution in [3.8, 4) is 11.5 Å². The van der Waals surface area contributed by atoms with E-state index in [9.17, 15) is 9.59 Å². The fourth-order valence-corrected chi connectivity index (χ4v) is 5.12. The average molecular weight is 435 g/mol. The Balaban J connectivity index is 1.23. The average Bonchev–Trinajstić information content (AvgIpc) is 2.79. The molecule has 1 saturated heterocycles. The van der Waals surface area contributed by atoms with Crippen LogP contribution in [-0.4, -0.2) is 60.5 Å². The number of methoxy groups -OCH3 is 1. The van der Waals surface area contributed by atoms with Crippen LogP contribution in [0.2, 0.25) is 0 Å². The molecule has 168 valence electrons. The number of benzene rings is 2. The largest absolute Gasteiger partial charge is 0.465 e. The number of esters is 1. The first-order valence-electron chi connectivity index (χ1n) is 11.7. The molecule has 2 aliphatic heterocycles. The second-order valence-corrected chi connectivity index (χ2v) is 9.04. The molecule has 1 aliphatic carbocycles. The first-order valence-corrected chi connectivity index (χ1v) is 11.7. The summed E-state index contributed by atoms with van der Waals surface area (Å²) in [5, 5.41) is 0. The summed E-state index contributed by atoms with van der Waals surface area (Å²) in [6, 6.07) is 13.7. The molecule has 0 atom stereocenters. The molecule has 0 aromatic heterocycles. The van der Waals surface area contributed by atoms with Crippen molar-refractivity contribution < 1.29 is 19.1 Å². The van der Waals surface area contributed by atoms with Gasteiger partial charge in [-0.25, -0.2) is 4.79 Å². The number of nitrogens with zero attached hydrogens (tertiary/aromatic N) is 2. The van der Waals surface area contributed by atoms with Gasteiger partial charge < -0.3 is 19.3 Å². The molecular formula is C26H30N2O4. The van der Waals surface area contributed by atoms with Gasteiger partial charge in [-0.3, -0.25) is 4.79 Å². The van der Waals surface area contributed by atoms with Gasteiger partial charge in [0.1, 0.15) is 11.5 Å². The van der Waals surface area contributed by atoms with Crippen molar-refractivity contribution >= 4 is 11.9 Å². The van der Waals surface area contributed by atoms with Crippen molar-refractivity contribution in [3.63, 3.8) is 0 Å². The molecule has 32 heavy (non-hydrogen) atoms. The van der Waals surface area contributed by atoms with Crippen LogP contribution in [0.25, 0.3) is 0 Å². The van der Waals surface area contributed by atoms with Gasteiger partial charge in [0, 0.05) is 37.3 Å². The normalized spacial score (nSPS) is 19.9. The van der Waals surface area contributed by atoms with E-state index >= 15 is 0 Å². The van der Waals surface area contributed by atoms with E-state index in [4.69, 9.17) is 9.47 Å². The lowest BCUT2D eigenvalue weighted by Gasteiger charge is -2.45. The van der Waals surface area contributed by atoms with E-state index in [1.54, 1.807) is 24.3 Å². The Morgan fingerprint density at radius 3 is 2.28 bits per heavy atom. The topological polar surface area (TPSA) is 59.1 Å². The SMILES string of the molecule is COC(=O)c1ccc(Oc2ccc3c(c2)CCN(C2CCN(C4CCC4)CC2)C3=O)cc1. The molecule has 1 amide bonds. The van der Waals surface area contributed by atoms with Crippen LogP contribution in [0.4, 0.5) is 0 Å². The zero-order chi connectivity index (χ0) is 22.1. The number of carbonyl (C=O) groups is 2. The van der Waals surface area contributed by atoms with Crippen LogP contribution >= 0.6 is 0 Å². The van der Waals surface area contributed by atoms with Crippen LogP contribution in [0.15, 0.2) is 42.5 Å². The van der Waals surface area contributed by atoms with Gasteiger partial charge in [0.05, 0.1) is 12.7 Å². The van der Waals surface area contributed by atoms with Crippen LogP contribution in [0.5, 0.6) is 11.5 Å². The van der Waals surface area contributed by atoms with Gasteiger partial charge in [-0.2, -0.15) is 0 Å². The van der Waals surface area contributed by atoms with Crippen molar-refractivity contribution in [2.75, 3.05) is 26.7 Å². The Kier molecular flexibility index (Phi) is 5.87. The molecule has 3 aliphatic rings. The molecular weight excluding hydrogens is 404 g/mol. The van der Waals surface area contributed by atoms with Gasteiger partial charge >= 0.3 is 5.97 Å². The zero-order valence-corrected chi connectivity index (χ0v) is 18.6. The van der Waals surface area contributed by atoms with E-state index < -0.39 is 0 Å². The molecule has 2 heterocycles. The van der Waals surface area contributed by atoms with E-state index in [1.807, 2.05) is 18.2 Å². The highest BCUT2D eigenvalue weighted by Crippen LogP contribution is 2.32. The van der Waals surface area contributed by atoms with E-state index in [2.05, 4.69) is 9.80 Å². The predicted octanol–water partition coefficient (Wildman–Crippen LogP) is 4.28. The number of likely N-dealkylation sites (tertiary alicyclic amines) is 1. The van der Waals surface area contributed by atoms with E-state index in [0.29, 0.717) is 23.1 Å². The summed E-state index contributed by atoms with van der Waals surface area (Å²) in [5.74, 6) is 1.12. The molecule has 5 rings (SSSR count). The highest BCUT2D eigenvalue weighted by atomic mass is 16.5. The summed E-state index contributed by atoms with van der Waals surface area (Å²) in [7, 11) is 1.36. The van der Waals surface area contributed by atoms with Crippen molar-refractivity contribution in [3.05, 3.63) is 59.2 Å². The monoisotopic (exact) mass is 434 g/mol. The van der Waals surface area contributed by atoms with E-state index in [-0.39, 0.29) is 11.9 Å². The standard InChI is InChI=1S/C26H30N2O4/c1-31-26(30)18-5-7-22(8-6-18)32-23-9-10-24-19(17-23)11-16-28(25(24)29)21-12-14-27(15-13-21)20-3-2-4-20/h5-10,17,20-21H,2-4,11-16H2,1H3. The number of rotatable bonds is 5. The van der Waals surface area contributed by atoms with Crippen LogP contribution in [0.3, 0.4) is 0 Å². The molecule has 0 bridgehead atoms. The third kappa shape index (κ3) is 4.11. The molecule has 0 radical (unpaired) electrons. The third-order valence-electron chi connectivity index (χ3n) is 7.23. The number of hydrogen-bond donors (Lipinski definition) is 0. The van der Waals surface area contributed by atoms with Gasteiger partial charge in [0.2, 0.25) is 0 Å².